The van der Waals surface area contributed by atoms with Crippen LogP contribution in [0.3, 0.4) is 0 Å². The Morgan fingerprint density at radius 3 is 0.286 bits per heavy atom. The molecule has 0 N–H and O–H groups in total. The van der Waals surface area contributed by atoms with Crippen LogP contribution < -0.4 is 0 Å². The van der Waals surface area contributed by atoms with E-state index in [2.05, 4.69) is 69.2 Å². The molecule has 2 rings (SSSR count). The van der Waals surface area contributed by atoms with Crippen LogP contribution >= 0.6 is 0 Å². The average Bonchev–Trinajstić information content (AvgIpc) is 2.71. The van der Waals surface area contributed by atoms with E-state index < -0.39 is 0 Å². The molecule has 0 bridgehead atoms. The summed E-state index contributed by atoms with van der Waals surface area (Å²) in [6, 6.07) is 0. The zero-order chi connectivity index (χ0) is 15.8. The van der Waals surface area contributed by atoms with Gasteiger partial charge in [0.05, 0.1) is 0 Å². The number of hydrogen-bond donors (Lipinski definition) is 0. The molecule has 0 spiro atoms. The molecular formula is C26H58Ir2. The summed E-state index contributed by atoms with van der Waals surface area (Å²) in [6.07, 6.45) is 0. The quantitative estimate of drug-likeness (QED) is 0.217. The van der Waals surface area contributed by atoms with Gasteiger partial charge in [0.25, 0.3) is 0 Å². The van der Waals surface area contributed by atoms with E-state index >= 15 is 0 Å². The molecule has 28 heavy (non-hydrogen) atoms. The maximum absolute atomic E-state index is 2.40. The molecule has 180 valence electrons. The molecule has 0 aromatic heterocycles. The van der Waals surface area contributed by atoms with Crippen molar-refractivity contribution in [1.29, 1.82) is 0 Å². The summed E-state index contributed by atoms with van der Waals surface area (Å²) in [5, 5.41) is 0. The Labute approximate surface area is 212 Å². The summed E-state index contributed by atoms with van der Waals surface area (Å²) in [6.45, 7) is 24.0. The van der Waals surface area contributed by atoms with Crippen LogP contribution in [0.1, 0.15) is 69.2 Å². The van der Waals surface area contributed by atoms with Crippen LogP contribution in [0.25, 0.3) is 0 Å². The molecule has 0 unspecified atom stereocenters. The van der Waals surface area contributed by atoms with Gasteiger partial charge in [-0.1, -0.05) is 69.2 Å². The molecule has 0 nitrogen and oxygen atoms in total. The van der Waals surface area contributed by atoms with Crippen molar-refractivity contribution in [2.24, 2.45) is 59.2 Å². The van der Waals surface area contributed by atoms with Crippen molar-refractivity contribution in [2.45, 2.75) is 69.2 Å². The smallest absolute Gasteiger partial charge is 0.358 e. The first kappa shape index (κ1) is 51.7. The van der Waals surface area contributed by atoms with Gasteiger partial charge in [-0.15, -0.1) is 0 Å². The van der Waals surface area contributed by atoms with Gasteiger partial charge in [0.2, 0.25) is 0 Å². The summed E-state index contributed by atoms with van der Waals surface area (Å²) >= 11 is 0. The van der Waals surface area contributed by atoms with Crippen LogP contribution in [-0.2, 0) is 40.2 Å². The standard InChI is InChI=1S/2C10H20.6CH3.2Ir/c2*1-6-7(2)9(4)10(5)8(6)3;;;;;;;;/h2*6-10H,1-5H3;6*1H3;;/q;;6*-1;2*+3. The molecule has 2 saturated carbocycles. The van der Waals surface area contributed by atoms with E-state index in [0.29, 0.717) is 0 Å². The summed E-state index contributed by atoms with van der Waals surface area (Å²) in [5.41, 5.74) is 0. The van der Waals surface area contributed by atoms with Gasteiger partial charge in [-0.25, -0.2) is 0 Å². The van der Waals surface area contributed by atoms with E-state index in [4.69, 9.17) is 0 Å². The molecule has 2 aliphatic carbocycles. The summed E-state index contributed by atoms with van der Waals surface area (Å²) < 4.78 is 0. The van der Waals surface area contributed by atoms with Gasteiger partial charge in [0, 0.05) is 0 Å². The second-order valence-electron chi connectivity index (χ2n) is 8.59. The van der Waals surface area contributed by atoms with Crippen molar-refractivity contribution >= 4 is 0 Å². The van der Waals surface area contributed by atoms with Crippen molar-refractivity contribution in [3.8, 4) is 0 Å². The van der Waals surface area contributed by atoms with Crippen LogP contribution in [0.5, 0.6) is 0 Å². The maximum atomic E-state index is 2.40. The Kier molecular flexibility index (Phi) is 39.8. The summed E-state index contributed by atoms with van der Waals surface area (Å²) in [4.78, 5) is 0. The number of hydrogen-bond acceptors (Lipinski definition) is 0. The van der Waals surface area contributed by atoms with Gasteiger partial charge in [-0.05, 0) is 59.2 Å². The molecule has 2 aliphatic rings. The minimum absolute atomic E-state index is 0. The fourth-order valence-corrected chi connectivity index (χ4v) is 4.79. The largest absolute Gasteiger partial charge is 3.00 e. The van der Waals surface area contributed by atoms with Crippen molar-refractivity contribution < 1.29 is 40.2 Å². The van der Waals surface area contributed by atoms with E-state index in [1.54, 1.807) is 0 Å². The van der Waals surface area contributed by atoms with Gasteiger partial charge >= 0.3 is 40.2 Å². The normalized spacial score (nSPS) is 39.6. The van der Waals surface area contributed by atoms with Crippen molar-refractivity contribution in [3.63, 3.8) is 0 Å². The van der Waals surface area contributed by atoms with E-state index in [1.165, 1.54) is 0 Å². The molecule has 0 aliphatic heterocycles. The first-order valence-corrected chi connectivity index (χ1v) is 9.11. The Balaban J connectivity index is -0.0000000370. The van der Waals surface area contributed by atoms with Crippen molar-refractivity contribution in [2.75, 3.05) is 0 Å². The van der Waals surface area contributed by atoms with Gasteiger partial charge < -0.3 is 44.6 Å². The second kappa shape index (κ2) is 21.5. The van der Waals surface area contributed by atoms with Gasteiger partial charge in [-0.3, -0.25) is 0 Å². The molecule has 0 saturated heterocycles. The van der Waals surface area contributed by atoms with Crippen LogP contribution in [0, 0.1) is 104 Å². The van der Waals surface area contributed by atoms with Crippen molar-refractivity contribution in [3.05, 3.63) is 44.6 Å². The monoisotopic (exact) mass is 756 g/mol. The first-order valence-electron chi connectivity index (χ1n) is 9.11. The zero-order valence-corrected chi connectivity index (χ0v) is 27.2. The average molecular weight is 755 g/mol. The summed E-state index contributed by atoms with van der Waals surface area (Å²) in [5.74, 6) is 9.35. The first-order chi connectivity index (χ1) is 9.11. The predicted molar refractivity (Wildman–Crippen MR) is 130 cm³/mol. The molecule has 2 heteroatoms. The van der Waals surface area contributed by atoms with Gasteiger partial charge in [-0.2, -0.15) is 0 Å². The van der Waals surface area contributed by atoms with E-state index in [9.17, 15) is 0 Å². The molecule has 0 radical (unpaired) electrons. The fraction of sp³-hybridized carbons (Fsp3) is 0.769. The van der Waals surface area contributed by atoms with Crippen LogP contribution in [0.4, 0.5) is 0 Å². The Morgan fingerprint density at radius 2 is 0.250 bits per heavy atom. The molecule has 0 aromatic rings. The third kappa shape index (κ3) is 11.1. The molecule has 0 amide bonds. The van der Waals surface area contributed by atoms with E-state index in [1.807, 2.05) is 0 Å². The fourth-order valence-electron chi connectivity index (χ4n) is 4.79. The van der Waals surface area contributed by atoms with Crippen molar-refractivity contribution in [1.82, 2.24) is 0 Å². The molecular weight excluding hydrogens is 697 g/mol. The van der Waals surface area contributed by atoms with E-state index in [-0.39, 0.29) is 84.8 Å². The Bertz CT molecular complexity index is 185. The second-order valence-corrected chi connectivity index (χ2v) is 8.59. The van der Waals surface area contributed by atoms with E-state index in [0.717, 1.165) is 59.2 Å². The zero-order valence-electron chi connectivity index (χ0n) is 22.4. The molecule has 0 atom stereocenters. The van der Waals surface area contributed by atoms with Crippen LogP contribution in [0.15, 0.2) is 0 Å². The van der Waals surface area contributed by atoms with Crippen LogP contribution in [0.2, 0.25) is 0 Å². The molecule has 0 aromatic carbocycles. The Morgan fingerprint density at radius 1 is 0.214 bits per heavy atom. The molecule has 2 fully saturated rings. The summed E-state index contributed by atoms with van der Waals surface area (Å²) in [7, 11) is 0. The topological polar surface area (TPSA) is 0 Å². The van der Waals surface area contributed by atoms with Gasteiger partial charge in [0.1, 0.15) is 0 Å². The third-order valence-corrected chi connectivity index (χ3v) is 8.29. The predicted octanol–water partition coefficient (Wildman–Crippen LogP) is 9.06. The maximum Gasteiger partial charge on any atom is 3.00 e. The molecule has 0 heterocycles. The Hall–Kier alpha value is 1.30. The minimum atomic E-state index is 0. The van der Waals surface area contributed by atoms with Gasteiger partial charge in [0.15, 0.2) is 0 Å². The van der Waals surface area contributed by atoms with Crippen LogP contribution in [-0.4, -0.2) is 0 Å². The minimum Gasteiger partial charge on any atom is -0.358 e. The SMILES string of the molecule is CC1C(C)C(C)C(C)C1C.CC1C(C)C(C)C(C)C1C.[CH3-].[CH3-].[CH3-].[CH3-].[CH3-].[CH3-].[Ir+3].[Ir+3]. The number of rotatable bonds is 0. The third-order valence-electron chi connectivity index (χ3n) is 8.29.